The molecule has 0 spiro atoms. The zero-order valence-electron chi connectivity index (χ0n) is 10.8. The van der Waals surface area contributed by atoms with Crippen molar-refractivity contribution in [1.82, 2.24) is 4.90 Å². The molecule has 1 aromatic carbocycles. The first-order valence-electron chi connectivity index (χ1n) is 6.99. The second kappa shape index (κ2) is 5.64. The predicted molar refractivity (Wildman–Crippen MR) is 77.8 cm³/mol. The van der Waals surface area contributed by atoms with E-state index in [1.165, 1.54) is 43.1 Å². The summed E-state index contributed by atoms with van der Waals surface area (Å²) in [5, 5.41) is 0. The summed E-state index contributed by atoms with van der Waals surface area (Å²) in [6.45, 7) is 3.67. The number of hydrogen-bond donors (Lipinski definition) is 1. The molecular weight excluding hydrogens is 240 g/mol. The molecule has 1 aliphatic carbocycles. The summed E-state index contributed by atoms with van der Waals surface area (Å²) in [7, 11) is 0. The van der Waals surface area contributed by atoms with E-state index in [-0.39, 0.29) is 0 Å². The Labute approximate surface area is 114 Å². The van der Waals surface area contributed by atoms with Crippen molar-refractivity contribution in [3.05, 3.63) is 30.3 Å². The predicted octanol–water partition coefficient (Wildman–Crippen LogP) is 2.45. The summed E-state index contributed by atoms with van der Waals surface area (Å²) in [6, 6.07) is 11.2. The van der Waals surface area contributed by atoms with Gasteiger partial charge in [-0.15, -0.1) is 11.8 Å². The Balaban J connectivity index is 1.45. The number of thioether (sulfide) groups is 1. The van der Waals surface area contributed by atoms with Crippen molar-refractivity contribution < 1.29 is 0 Å². The van der Waals surface area contributed by atoms with E-state index in [4.69, 9.17) is 5.73 Å². The molecule has 3 rings (SSSR count). The van der Waals surface area contributed by atoms with Crippen molar-refractivity contribution in [2.24, 2.45) is 17.6 Å². The molecule has 1 saturated heterocycles. The molecule has 98 valence electrons. The van der Waals surface area contributed by atoms with Crippen LogP contribution in [-0.2, 0) is 0 Å². The maximum absolute atomic E-state index is 6.23. The van der Waals surface area contributed by atoms with Crippen molar-refractivity contribution in [2.75, 3.05) is 25.4 Å². The van der Waals surface area contributed by atoms with E-state index in [1.807, 2.05) is 11.8 Å². The largest absolute Gasteiger partial charge is 0.327 e. The summed E-state index contributed by atoms with van der Waals surface area (Å²) >= 11 is 1.96. The number of benzene rings is 1. The van der Waals surface area contributed by atoms with Crippen LogP contribution in [0.1, 0.15) is 12.8 Å². The van der Waals surface area contributed by atoms with E-state index >= 15 is 0 Å². The Morgan fingerprint density at radius 1 is 1.11 bits per heavy atom. The van der Waals surface area contributed by atoms with E-state index in [0.29, 0.717) is 6.04 Å². The van der Waals surface area contributed by atoms with Gasteiger partial charge in [-0.3, -0.25) is 0 Å². The van der Waals surface area contributed by atoms with Gasteiger partial charge in [0.1, 0.15) is 0 Å². The van der Waals surface area contributed by atoms with Crippen molar-refractivity contribution in [2.45, 2.75) is 23.8 Å². The van der Waals surface area contributed by atoms with Crippen LogP contribution in [0.15, 0.2) is 35.2 Å². The molecule has 0 amide bonds. The highest BCUT2D eigenvalue weighted by Gasteiger charge is 2.39. The van der Waals surface area contributed by atoms with Gasteiger partial charge < -0.3 is 10.6 Å². The summed E-state index contributed by atoms with van der Waals surface area (Å²) in [4.78, 5) is 4.01. The molecule has 1 unspecified atom stereocenters. The first-order chi connectivity index (χ1) is 8.83. The third-order valence-electron chi connectivity index (χ3n) is 4.40. The highest BCUT2D eigenvalue weighted by atomic mass is 32.2. The molecular formula is C15H22N2S. The van der Waals surface area contributed by atoms with Gasteiger partial charge >= 0.3 is 0 Å². The van der Waals surface area contributed by atoms with Crippen LogP contribution in [0.5, 0.6) is 0 Å². The van der Waals surface area contributed by atoms with Crippen molar-refractivity contribution in [3.8, 4) is 0 Å². The van der Waals surface area contributed by atoms with Gasteiger partial charge in [-0.1, -0.05) is 18.2 Å². The van der Waals surface area contributed by atoms with Crippen molar-refractivity contribution in [1.29, 1.82) is 0 Å². The number of nitrogens with zero attached hydrogens (tertiary/aromatic N) is 1. The van der Waals surface area contributed by atoms with Gasteiger partial charge in [0.25, 0.3) is 0 Å². The average molecular weight is 262 g/mol. The van der Waals surface area contributed by atoms with Gasteiger partial charge in [-0.05, 0) is 36.8 Å². The Kier molecular flexibility index (Phi) is 3.92. The van der Waals surface area contributed by atoms with E-state index in [0.717, 1.165) is 11.8 Å². The van der Waals surface area contributed by atoms with Gasteiger partial charge in [0, 0.05) is 36.3 Å². The Bertz CT molecular complexity index is 367. The van der Waals surface area contributed by atoms with Crippen LogP contribution in [0.2, 0.25) is 0 Å². The second-order valence-electron chi connectivity index (χ2n) is 5.60. The van der Waals surface area contributed by atoms with Crippen LogP contribution in [-0.4, -0.2) is 36.3 Å². The van der Waals surface area contributed by atoms with Gasteiger partial charge in [-0.25, -0.2) is 0 Å². The standard InChI is InChI=1S/C15H22N2S/c16-15-12-6-7-13(15)11-17(10-12)8-9-18-14-4-2-1-3-5-14/h1-5,12-13,15H,6-11,16H2/t12-,13+,15?. The fourth-order valence-electron chi connectivity index (χ4n) is 3.35. The molecule has 2 nitrogen and oxygen atoms in total. The highest BCUT2D eigenvalue weighted by molar-refractivity contribution is 7.99. The topological polar surface area (TPSA) is 29.3 Å². The van der Waals surface area contributed by atoms with E-state index in [2.05, 4.69) is 35.2 Å². The zero-order valence-corrected chi connectivity index (χ0v) is 11.6. The summed E-state index contributed by atoms with van der Waals surface area (Å²) in [6.07, 6.45) is 2.71. The SMILES string of the molecule is NC1[C@@H]2CC[C@H]1CN(CCSc1ccccc1)C2. The molecule has 18 heavy (non-hydrogen) atoms. The van der Waals surface area contributed by atoms with Gasteiger partial charge in [0.15, 0.2) is 0 Å². The Hall–Kier alpha value is -0.510. The van der Waals surface area contributed by atoms with Crippen molar-refractivity contribution >= 4 is 11.8 Å². The van der Waals surface area contributed by atoms with E-state index < -0.39 is 0 Å². The molecule has 2 N–H and O–H groups in total. The maximum atomic E-state index is 6.23. The number of rotatable bonds is 4. The van der Waals surface area contributed by atoms with E-state index in [1.54, 1.807) is 0 Å². The average Bonchev–Trinajstić information content (AvgIpc) is 2.64. The highest BCUT2D eigenvalue weighted by Crippen LogP contribution is 2.35. The molecule has 2 bridgehead atoms. The minimum Gasteiger partial charge on any atom is -0.327 e. The lowest BCUT2D eigenvalue weighted by Gasteiger charge is -2.36. The second-order valence-corrected chi connectivity index (χ2v) is 6.76. The molecule has 1 aromatic rings. The fourth-order valence-corrected chi connectivity index (χ4v) is 4.29. The smallest absolute Gasteiger partial charge is 0.0120 e. The number of hydrogen-bond acceptors (Lipinski definition) is 3. The minimum absolute atomic E-state index is 0.489. The molecule has 0 radical (unpaired) electrons. The summed E-state index contributed by atoms with van der Waals surface area (Å²) < 4.78 is 0. The van der Waals surface area contributed by atoms with Crippen molar-refractivity contribution in [3.63, 3.8) is 0 Å². The van der Waals surface area contributed by atoms with Crippen LogP contribution < -0.4 is 5.73 Å². The van der Waals surface area contributed by atoms with Gasteiger partial charge in [-0.2, -0.15) is 0 Å². The monoisotopic (exact) mass is 262 g/mol. The molecule has 2 fully saturated rings. The molecule has 3 heteroatoms. The number of nitrogens with two attached hydrogens (primary N) is 1. The first-order valence-corrected chi connectivity index (χ1v) is 7.97. The number of piperidine rings is 1. The molecule has 1 heterocycles. The Morgan fingerprint density at radius 3 is 2.44 bits per heavy atom. The van der Waals surface area contributed by atoms with Crippen LogP contribution in [0.4, 0.5) is 0 Å². The van der Waals surface area contributed by atoms with Crippen LogP contribution in [0.3, 0.4) is 0 Å². The normalized spacial score (nSPS) is 31.7. The van der Waals surface area contributed by atoms with E-state index in [9.17, 15) is 0 Å². The van der Waals surface area contributed by atoms with Gasteiger partial charge in [0.2, 0.25) is 0 Å². The third-order valence-corrected chi connectivity index (χ3v) is 5.39. The number of likely N-dealkylation sites (tertiary alicyclic amines) is 1. The minimum atomic E-state index is 0.489. The molecule has 1 aliphatic heterocycles. The number of fused-ring (bicyclic) bond motifs is 2. The third kappa shape index (κ3) is 2.73. The fraction of sp³-hybridized carbons (Fsp3) is 0.600. The quantitative estimate of drug-likeness (QED) is 0.845. The summed E-state index contributed by atoms with van der Waals surface area (Å²) in [5.41, 5.74) is 6.23. The molecule has 0 aromatic heterocycles. The lowest BCUT2D eigenvalue weighted by Crippen LogP contribution is -2.49. The molecule has 2 aliphatic rings. The lowest BCUT2D eigenvalue weighted by molar-refractivity contribution is 0.155. The molecule has 3 atom stereocenters. The molecule has 1 saturated carbocycles. The zero-order chi connectivity index (χ0) is 12.4. The summed E-state index contributed by atoms with van der Waals surface area (Å²) in [5.74, 6) is 2.73. The Morgan fingerprint density at radius 2 is 1.78 bits per heavy atom. The van der Waals surface area contributed by atoms with Gasteiger partial charge in [0.05, 0.1) is 0 Å². The maximum Gasteiger partial charge on any atom is 0.0120 e. The van der Waals surface area contributed by atoms with Crippen LogP contribution >= 0.6 is 11.8 Å². The lowest BCUT2D eigenvalue weighted by atomic mass is 9.93. The first kappa shape index (κ1) is 12.5. The van der Waals surface area contributed by atoms with Crippen LogP contribution in [0, 0.1) is 11.8 Å². The van der Waals surface area contributed by atoms with Crippen LogP contribution in [0.25, 0.3) is 0 Å².